The second-order valence-electron chi connectivity index (χ2n) is 5.07. The van der Waals surface area contributed by atoms with E-state index in [9.17, 15) is 15.2 Å². The molecule has 24 heavy (non-hydrogen) atoms. The van der Waals surface area contributed by atoms with Crippen LogP contribution in [-0.2, 0) is 0 Å². The van der Waals surface area contributed by atoms with Crippen LogP contribution in [0.2, 0.25) is 0 Å². The molecular formula is C17H13N3O4. The second-order valence-corrected chi connectivity index (χ2v) is 5.07. The SMILES string of the molecule is C=C(c1nc(-c2ccccc2)no1)C(O)c1ccc([N+](=O)[O-])cc1. The highest BCUT2D eigenvalue weighted by atomic mass is 16.6. The van der Waals surface area contributed by atoms with Gasteiger partial charge in [0.15, 0.2) is 0 Å². The van der Waals surface area contributed by atoms with Gasteiger partial charge in [0.1, 0.15) is 6.10 Å². The van der Waals surface area contributed by atoms with Crippen molar-refractivity contribution in [3.63, 3.8) is 0 Å². The van der Waals surface area contributed by atoms with Crippen molar-refractivity contribution < 1.29 is 14.6 Å². The fourth-order valence-corrected chi connectivity index (χ4v) is 2.15. The Morgan fingerprint density at radius 1 is 1.17 bits per heavy atom. The number of hydrogen-bond acceptors (Lipinski definition) is 6. The van der Waals surface area contributed by atoms with Crippen molar-refractivity contribution in [3.8, 4) is 11.4 Å². The van der Waals surface area contributed by atoms with Gasteiger partial charge >= 0.3 is 0 Å². The minimum atomic E-state index is -1.10. The third-order valence-electron chi connectivity index (χ3n) is 3.48. The summed E-state index contributed by atoms with van der Waals surface area (Å²) in [7, 11) is 0. The Labute approximate surface area is 137 Å². The number of rotatable bonds is 5. The molecule has 3 aromatic rings. The van der Waals surface area contributed by atoms with E-state index in [1.807, 2.05) is 30.3 Å². The van der Waals surface area contributed by atoms with Gasteiger partial charge in [0, 0.05) is 23.3 Å². The summed E-state index contributed by atoms with van der Waals surface area (Å²) in [6.45, 7) is 3.79. The molecule has 3 rings (SSSR count). The molecule has 1 atom stereocenters. The summed E-state index contributed by atoms with van der Waals surface area (Å²) in [5.74, 6) is 0.502. The molecule has 7 heteroatoms. The minimum Gasteiger partial charge on any atom is -0.383 e. The molecule has 0 aliphatic rings. The Hall–Kier alpha value is -3.32. The largest absolute Gasteiger partial charge is 0.383 e. The molecule has 0 fully saturated rings. The summed E-state index contributed by atoms with van der Waals surface area (Å²) in [4.78, 5) is 14.4. The van der Waals surface area contributed by atoms with Crippen LogP contribution in [0.25, 0.3) is 17.0 Å². The van der Waals surface area contributed by atoms with E-state index in [0.717, 1.165) is 5.56 Å². The molecule has 0 radical (unpaired) electrons. The molecular weight excluding hydrogens is 310 g/mol. The summed E-state index contributed by atoms with van der Waals surface area (Å²) in [5, 5.41) is 24.9. The molecule has 0 aliphatic carbocycles. The summed E-state index contributed by atoms with van der Waals surface area (Å²) in [6.07, 6.45) is -1.10. The first-order chi connectivity index (χ1) is 11.6. The average molecular weight is 323 g/mol. The van der Waals surface area contributed by atoms with Crippen LogP contribution in [0.4, 0.5) is 5.69 Å². The molecule has 0 amide bonds. The summed E-state index contributed by atoms with van der Waals surface area (Å²) >= 11 is 0. The second kappa shape index (κ2) is 6.43. The number of nitro benzene ring substituents is 1. The lowest BCUT2D eigenvalue weighted by atomic mass is 10.0. The highest BCUT2D eigenvalue weighted by Gasteiger charge is 2.20. The lowest BCUT2D eigenvalue weighted by Crippen LogP contribution is -2.01. The highest BCUT2D eigenvalue weighted by molar-refractivity contribution is 5.64. The molecule has 1 heterocycles. The van der Waals surface area contributed by atoms with Gasteiger partial charge in [-0.25, -0.2) is 0 Å². The molecule has 0 aliphatic heterocycles. The fourth-order valence-electron chi connectivity index (χ4n) is 2.15. The Bertz CT molecular complexity index is 872. The van der Waals surface area contributed by atoms with Crippen LogP contribution < -0.4 is 0 Å². The van der Waals surface area contributed by atoms with E-state index in [-0.39, 0.29) is 17.2 Å². The molecule has 0 saturated heterocycles. The molecule has 7 nitrogen and oxygen atoms in total. The summed E-state index contributed by atoms with van der Waals surface area (Å²) < 4.78 is 5.16. The standard InChI is InChI=1S/C17H13N3O4/c1-11(15(21)12-7-9-14(10-8-12)20(22)23)17-18-16(19-24-17)13-5-3-2-4-6-13/h2-10,15,21H,1H2. The smallest absolute Gasteiger partial charge is 0.269 e. The van der Waals surface area contributed by atoms with Gasteiger partial charge in [0.05, 0.1) is 4.92 Å². The molecule has 0 bridgehead atoms. The van der Waals surface area contributed by atoms with Crippen molar-refractivity contribution in [3.05, 3.63) is 82.7 Å². The molecule has 0 spiro atoms. The normalized spacial score (nSPS) is 11.9. The van der Waals surface area contributed by atoms with E-state index in [4.69, 9.17) is 4.52 Å². The van der Waals surface area contributed by atoms with Crippen LogP contribution in [-0.4, -0.2) is 20.2 Å². The van der Waals surface area contributed by atoms with E-state index in [2.05, 4.69) is 16.7 Å². The monoisotopic (exact) mass is 323 g/mol. The van der Waals surface area contributed by atoms with Crippen LogP contribution >= 0.6 is 0 Å². The summed E-state index contributed by atoms with van der Waals surface area (Å²) in [5.41, 5.74) is 1.40. The maximum atomic E-state index is 10.7. The van der Waals surface area contributed by atoms with Crippen molar-refractivity contribution >= 4 is 11.3 Å². The number of nitro groups is 1. The fraction of sp³-hybridized carbons (Fsp3) is 0.0588. The Kier molecular flexibility index (Phi) is 4.17. The van der Waals surface area contributed by atoms with Gasteiger partial charge in [-0.1, -0.05) is 42.1 Å². The Morgan fingerprint density at radius 2 is 1.83 bits per heavy atom. The van der Waals surface area contributed by atoms with E-state index < -0.39 is 11.0 Å². The lowest BCUT2D eigenvalue weighted by Gasteiger charge is -2.10. The maximum Gasteiger partial charge on any atom is 0.269 e. The Morgan fingerprint density at radius 3 is 2.46 bits per heavy atom. The van der Waals surface area contributed by atoms with Gasteiger partial charge in [-0.15, -0.1) is 0 Å². The first-order valence-electron chi connectivity index (χ1n) is 7.07. The number of non-ortho nitro benzene ring substituents is 1. The van der Waals surface area contributed by atoms with Crippen LogP contribution in [0.1, 0.15) is 17.6 Å². The zero-order valence-corrected chi connectivity index (χ0v) is 12.5. The van der Waals surface area contributed by atoms with Crippen molar-refractivity contribution in [1.29, 1.82) is 0 Å². The van der Waals surface area contributed by atoms with Crippen LogP contribution in [0.5, 0.6) is 0 Å². The van der Waals surface area contributed by atoms with Gasteiger partial charge in [0.25, 0.3) is 11.6 Å². The van der Waals surface area contributed by atoms with Gasteiger partial charge < -0.3 is 9.63 Å². The van der Waals surface area contributed by atoms with Gasteiger partial charge in [-0.3, -0.25) is 10.1 Å². The molecule has 1 unspecified atom stereocenters. The zero-order valence-electron chi connectivity index (χ0n) is 12.5. The van der Waals surface area contributed by atoms with Crippen LogP contribution in [0, 0.1) is 10.1 Å². The molecule has 2 aromatic carbocycles. The van der Waals surface area contributed by atoms with Gasteiger partial charge in [0.2, 0.25) is 5.82 Å². The number of aliphatic hydroxyl groups excluding tert-OH is 1. The lowest BCUT2D eigenvalue weighted by molar-refractivity contribution is -0.384. The molecule has 1 N–H and O–H groups in total. The van der Waals surface area contributed by atoms with E-state index >= 15 is 0 Å². The van der Waals surface area contributed by atoms with Crippen molar-refractivity contribution in [2.45, 2.75) is 6.10 Å². The van der Waals surface area contributed by atoms with Crippen LogP contribution in [0.15, 0.2) is 65.7 Å². The number of benzene rings is 2. The van der Waals surface area contributed by atoms with Crippen molar-refractivity contribution in [2.75, 3.05) is 0 Å². The number of hydrogen-bond donors (Lipinski definition) is 1. The van der Waals surface area contributed by atoms with E-state index in [1.165, 1.54) is 24.3 Å². The maximum absolute atomic E-state index is 10.7. The first-order valence-corrected chi connectivity index (χ1v) is 7.07. The third kappa shape index (κ3) is 3.06. The predicted molar refractivity (Wildman–Crippen MR) is 86.8 cm³/mol. The van der Waals surface area contributed by atoms with Crippen molar-refractivity contribution in [2.24, 2.45) is 0 Å². The average Bonchev–Trinajstić information content (AvgIpc) is 3.11. The van der Waals surface area contributed by atoms with Crippen LogP contribution in [0.3, 0.4) is 0 Å². The number of aromatic nitrogens is 2. The molecule has 0 saturated carbocycles. The van der Waals surface area contributed by atoms with E-state index in [1.54, 1.807) is 0 Å². The predicted octanol–water partition coefficient (Wildman–Crippen LogP) is 3.39. The molecule has 120 valence electrons. The first kappa shape index (κ1) is 15.6. The quantitative estimate of drug-likeness (QED) is 0.570. The number of aliphatic hydroxyl groups is 1. The van der Waals surface area contributed by atoms with Gasteiger partial charge in [-0.05, 0) is 17.7 Å². The number of nitrogens with zero attached hydrogens (tertiary/aromatic N) is 3. The highest BCUT2D eigenvalue weighted by Crippen LogP contribution is 2.29. The van der Waals surface area contributed by atoms with Gasteiger partial charge in [-0.2, -0.15) is 4.98 Å². The topological polar surface area (TPSA) is 102 Å². The molecule has 1 aromatic heterocycles. The minimum absolute atomic E-state index is 0.0549. The Balaban J connectivity index is 1.81. The zero-order chi connectivity index (χ0) is 17.1. The third-order valence-corrected chi connectivity index (χ3v) is 3.48. The van der Waals surface area contributed by atoms with E-state index in [0.29, 0.717) is 11.4 Å². The van der Waals surface area contributed by atoms with Crippen molar-refractivity contribution in [1.82, 2.24) is 10.1 Å². The summed E-state index contributed by atoms with van der Waals surface area (Å²) in [6, 6.07) is 14.8.